The fourth-order valence-electron chi connectivity index (χ4n) is 2.76. The molecule has 0 aromatic rings. The van der Waals surface area contributed by atoms with Crippen molar-refractivity contribution in [1.29, 1.82) is 0 Å². The summed E-state index contributed by atoms with van der Waals surface area (Å²) in [6.07, 6.45) is 17.9. The average molecular weight is 369 g/mol. The molecule has 0 aliphatic rings. The van der Waals surface area contributed by atoms with Crippen LogP contribution in [0, 0.1) is 5.92 Å². The minimum absolute atomic E-state index is 0.211. The summed E-state index contributed by atoms with van der Waals surface area (Å²) in [5, 5.41) is 0. The van der Waals surface area contributed by atoms with Gasteiger partial charge in [-0.05, 0) is 12.3 Å². The van der Waals surface area contributed by atoms with Crippen LogP contribution in [0.15, 0.2) is 0 Å². The maximum atomic E-state index is 10.5. The summed E-state index contributed by atoms with van der Waals surface area (Å²) < 4.78 is 25.6. The molecule has 0 heterocycles. The zero-order chi connectivity index (χ0) is 17.4. The molecule has 0 aromatic carbocycles. The largest absolute Gasteiger partial charge is 0.355 e. The summed E-state index contributed by atoms with van der Waals surface area (Å²) in [6.45, 7) is 4.82. The van der Waals surface area contributed by atoms with E-state index in [0.29, 0.717) is 0 Å². The summed E-state index contributed by atoms with van der Waals surface area (Å²) in [5.41, 5.74) is 0. The molecular formula is C18H37ClO3S. The highest BCUT2D eigenvalue weighted by Crippen LogP contribution is 2.14. The van der Waals surface area contributed by atoms with E-state index in [1.165, 1.54) is 70.6 Å². The van der Waals surface area contributed by atoms with E-state index < -0.39 is 9.33 Å². The molecule has 0 N–H and O–H groups in total. The van der Waals surface area contributed by atoms with Crippen LogP contribution in [-0.4, -0.2) is 15.0 Å². The van der Waals surface area contributed by atoms with Crippen molar-refractivity contribution in [3.05, 3.63) is 0 Å². The summed E-state index contributed by atoms with van der Waals surface area (Å²) in [7, 11) is 1.18. The van der Waals surface area contributed by atoms with Gasteiger partial charge in [0.1, 0.15) is 0 Å². The van der Waals surface area contributed by atoms with Gasteiger partial charge in [0.2, 0.25) is 0 Å². The first-order valence-corrected chi connectivity index (χ1v) is 11.7. The lowest BCUT2D eigenvalue weighted by molar-refractivity contribution is 0.315. The lowest BCUT2D eigenvalue weighted by Gasteiger charge is -2.05. The van der Waals surface area contributed by atoms with Crippen molar-refractivity contribution in [2.75, 3.05) is 6.61 Å². The number of hydrogen-bond acceptors (Lipinski definition) is 3. The van der Waals surface area contributed by atoms with Gasteiger partial charge in [-0.1, -0.05) is 97.3 Å². The van der Waals surface area contributed by atoms with Crippen LogP contribution in [0.25, 0.3) is 0 Å². The van der Waals surface area contributed by atoms with Gasteiger partial charge < -0.3 is 0 Å². The van der Waals surface area contributed by atoms with Gasteiger partial charge in [-0.25, -0.2) is 0 Å². The van der Waals surface area contributed by atoms with Gasteiger partial charge in [-0.3, -0.25) is 4.18 Å². The Kier molecular flexibility index (Phi) is 15.8. The van der Waals surface area contributed by atoms with Crippen LogP contribution < -0.4 is 0 Å². The lowest BCUT2D eigenvalue weighted by atomic mass is 10.0. The average Bonchev–Trinajstić information content (AvgIpc) is 2.45. The Bertz CT molecular complexity index is 342. The maximum absolute atomic E-state index is 10.5. The van der Waals surface area contributed by atoms with E-state index in [1.807, 2.05) is 0 Å². The second-order valence-electron chi connectivity index (χ2n) is 6.99. The van der Waals surface area contributed by atoms with Crippen LogP contribution in [0.1, 0.15) is 104 Å². The molecule has 0 radical (unpaired) electrons. The molecule has 0 saturated carbocycles. The zero-order valence-electron chi connectivity index (χ0n) is 15.2. The predicted octanol–water partition coefficient (Wildman–Crippen LogP) is 6.60. The molecule has 0 unspecified atom stereocenters. The third kappa shape index (κ3) is 22.2. The molecule has 23 heavy (non-hydrogen) atoms. The quantitative estimate of drug-likeness (QED) is 0.214. The smallest absolute Gasteiger partial charge is 0.258 e. The Balaban J connectivity index is 3.05. The Morgan fingerprint density at radius 2 is 1.04 bits per heavy atom. The monoisotopic (exact) mass is 368 g/mol. The Morgan fingerprint density at radius 1 is 0.696 bits per heavy atom. The van der Waals surface area contributed by atoms with Crippen molar-refractivity contribution in [3.8, 4) is 0 Å². The molecule has 140 valence electrons. The first-order valence-electron chi connectivity index (χ1n) is 9.51. The Morgan fingerprint density at radius 3 is 1.39 bits per heavy atom. The van der Waals surface area contributed by atoms with Crippen molar-refractivity contribution >= 4 is 20.0 Å². The summed E-state index contributed by atoms with van der Waals surface area (Å²) in [5.74, 6) is 0.857. The van der Waals surface area contributed by atoms with Crippen molar-refractivity contribution in [1.82, 2.24) is 0 Å². The van der Waals surface area contributed by atoms with Crippen LogP contribution in [0.4, 0.5) is 0 Å². The second kappa shape index (κ2) is 15.7. The maximum Gasteiger partial charge on any atom is 0.355 e. The van der Waals surface area contributed by atoms with E-state index in [4.69, 9.17) is 10.7 Å². The first kappa shape index (κ1) is 23.2. The number of halogens is 1. The number of unbranched alkanes of at least 4 members (excludes halogenated alkanes) is 12. The van der Waals surface area contributed by atoms with E-state index in [-0.39, 0.29) is 6.61 Å². The van der Waals surface area contributed by atoms with Crippen LogP contribution in [-0.2, 0) is 13.5 Å². The van der Waals surface area contributed by atoms with E-state index in [2.05, 4.69) is 18.0 Å². The summed E-state index contributed by atoms with van der Waals surface area (Å²) >= 11 is 0. The highest BCUT2D eigenvalue weighted by atomic mass is 35.7. The molecule has 0 spiro atoms. The zero-order valence-corrected chi connectivity index (χ0v) is 16.8. The van der Waals surface area contributed by atoms with Gasteiger partial charge in [0.15, 0.2) is 0 Å². The molecule has 0 rings (SSSR count). The molecular weight excluding hydrogens is 332 g/mol. The van der Waals surface area contributed by atoms with Gasteiger partial charge >= 0.3 is 9.33 Å². The molecule has 0 saturated heterocycles. The van der Waals surface area contributed by atoms with Gasteiger partial charge in [0, 0.05) is 10.7 Å². The third-order valence-electron chi connectivity index (χ3n) is 4.15. The van der Waals surface area contributed by atoms with Crippen LogP contribution >= 0.6 is 10.7 Å². The molecule has 5 heteroatoms. The second-order valence-corrected chi connectivity index (χ2v) is 9.15. The summed E-state index contributed by atoms with van der Waals surface area (Å²) in [6, 6.07) is 0. The molecule has 0 aliphatic heterocycles. The van der Waals surface area contributed by atoms with Gasteiger partial charge in [0.05, 0.1) is 6.61 Å². The van der Waals surface area contributed by atoms with Crippen molar-refractivity contribution in [2.24, 2.45) is 5.92 Å². The lowest BCUT2D eigenvalue weighted by Crippen LogP contribution is -1.98. The van der Waals surface area contributed by atoms with E-state index in [0.717, 1.165) is 25.2 Å². The molecule has 0 amide bonds. The molecule has 0 fully saturated rings. The van der Waals surface area contributed by atoms with Crippen LogP contribution in [0.5, 0.6) is 0 Å². The van der Waals surface area contributed by atoms with Crippen molar-refractivity contribution < 1.29 is 12.6 Å². The topological polar surface area (TPSA) is 43.4 Å². The minimum atomic E-state index is -3.77. The molecule has 0 aliphatic carbocycles. The predicted molar refractivity (Wildman–Crippen MR) is 100 cm³/mol. The Hall–Kier alpha value is 0.200. The van der Waals surface area contributed by atoms with Gasteiger partial charge in [-0.15, -0.1) is 0 Å². The van der Waals surface area contributed by atoms with E-state index >= 15 is 0 Å². The fourth-order valence-corrected chi connectivity index (χ4v) is 3.26. The SMILES string of the molecule is CC(C)CCCCCCCCCCCCCCCOS(=O)(=O)Cl. The molecule has 3 nitrogen and oxygen atoms in total. The highest BCUT2D eigenvalue weighted by Gasteiger charge is 2.03. The highest BCUT2D eigenvalue weighted by molar-refractivity contribution is 8.09. The third-order valence-corrected chi connectivity index (χ3v) is 4.87. The fraction of sp³-hybridized carbons (Fsp3) is 1.00. The van der Waals surface area contributed by atoms with E-state index in [9.17, 15) is 8.42 Å². The normalized spacial score (nSPS) is 12.2. The van der Waals surface area contributed by atoms with Gasteiger partial charge in [-0.2, -0.15) is 8.42 Å². The standard InChI is InChI=1S/C18H37ClO3S/c1-18(2)16-14-12-10-8-6-4-3-5-7-9-11-13-15-17-22-23(19,20)21/h18H,3-17H2,1-2H3. The summed E-state index contributed by atoms with van der Waals surface area (Å²) in [4.78, 5) is 0. The number of rotatable bonds is 17. The van der Waals surface area contributed by atoms with Crippen LogP contribution in [0.3, 0.4) is 0 Å². The minimum Gasteiger partial charge on any atom is -0.258 e. The van der Waals surface area contributed by atoms with Gasteiger partial charge in [0.25, 0.3) is 0 Å². The van der Waals surface area contributed by atoms with Crippen LogP contribution in [0.2, 0.25) is 0 Å². The first-order chi connectivity index (χ1) is 10.9. The number of hydrogen-bond donors (Lipinski definition) is 0. The van der Waals surface area contributed by atoms with Crippen molar-refractivity contribution in [2.45, 2.75) is 104 Å². The van der Waals surface area contributed by atoms with E-state index in [1.54, 1.807) is 0 Å². The molecule has 0 atom stereocenters. The molecule has 0 bridgehead atoms. The Labute approximate surface area is 149 Å². The molecule has 0 aromatic heterocycles. The van der Waals surface area contributed by atoms with Crippen molar-refractivity contribution in [3.63, 3.8) is 0 Å².